The van der Waals surface area contributed by atoms with Crippen molar-refractivity contribution in [2.75, 3.05) is 6.61 Å². The lowest BCUT2D eigenvalue weighted by Gasteiger charge is -1.52. The molecular formula is C3H11NO3. The molecule has 4 heteroatoms. The molecule has 0 rings (SSSR count). The van der Waals surface area contributed by atoms with E-state index in [1.54, 1.807) is 6.92 Å². The monoisotopic (exact) mass is 109 g/mol. The molecule has 5 N–H and O–H groups in total. The van der Waals surface area contributed by atoms with E-state index < -0.39 is 0 Å². The quantitative estimate of drug-likeness (QED) is 0.362. The molecule has 0 spiro atoms. The Morgan fingerprint density at radius 1 is 1.86 bits per heavy atom. The molecule has 0 aromatic heterocycles. The number of hydrogen-bond acceptors (Lipinski definition) is 2. The smallest absolute Gasteiger partial charge is 0.204 e. The molecule has 0 saturated carbocycles. The van der Waals surface area contributed by atoms with Gasteiger partial charge in [0.25, 0.3) is 0 Å². The number of aliphatic hydroxyl groups is 1. The Labute approximate surface area is 42.3 Å². The van der Waals surface area contributed by atoms with Crippen LogP contribution in [0.5, 0.6) is 0 Å². The van der Waals surface area contributed by atoms with Crippen LogP contribution in [0.3, 0.4) is 0 Å². The van der Waals surface area contributed by atoms with E-state index in [9.17, 15) is 0 Å². The fourth-order valence-corrected chi connectivity index (χ4v) is 0. The molecule has 0 aliphatic rings. The minimum atomic E-state index is 0. The first-order valence-corrected chi connectivity index (χ1v) is 1.59. The van der Waals surface area contributed by atoms with Crippen LogP contribution in [-0.4, -0.2) is 23.6 Å². The second kappa shape index (κ2) is 53.8. The number of primary amides is 1. The normalized spacial score (nSPS) is 4.29. The topological polar surface area (TPSA) is 94.8 Å². The highest BCUT2D eigenvalue weighted by atomic mass is 16.2. The van der Waals surface area contributed by atoms with Gasteiger partial charge >= 0.3 is 0 Å². The van der Waals surface area contributed by atoms with Gasteiger partial charge in [-0.25, -0.2) is 0 Å². The molecule has 0 fully saturated rings. The Bertz CT molecular complexity index is 24.1. The fraction of sp³-hybridized carbons (Fsp3) is 0.667. The predicted octanol–water partition coefficient (Wildman–Crippen LogP) is -1.72. The summed E-state index contributed by atoms with van der Waals surface area (Å²) >= 11 is 0. The number of amides is 1. The van der Waals surface area contributed by atoms with E-state index in [-0.39, 0.29) is 18.5 Å². The number of aliphatic hydroxyl groups excluding tert-OH is 1. The van der Waals surface area contributed by atoms with Gasteiger partial charge in [0.15, 0.2) is 0 Å². The molecule has 0 aliphatic heterocycles. The first kappa shape index (κ1) is 16.2. The molecule has 7 heavy (non-hydrogen) atoms. The summed E-state index contributed by atoms with van der Waals surface area (Å²) in [6.45, 7) is 1.93. The average Bonchev–Trinajstić information content (AvgIpc) is 1.39. The number of rotatable bonds is 0. The zero-order valence-corrected chi connectivity index (χ0v) is 4.22. The number of carbonyl (C=O) groups excluding carboxylic acids is 1. The van der Waals surface area contributed by atoms with Crippen molar-refractivity contribution in [2.24, 2.45) is 5.73 Å². The van der Waals surface area contributed by atoms with Gasteiger partial charge in [-0.05, 0) is 6.92 Å². The third-order valence-electron chi connectivity index (χ3n) is 0. The molecule has 0 aromatic carbocycles. The fourth-order valence-electron chi connectivity index (χ4n) is 0. The predicted molar refractivity (Wildman–Crippen MR) is 26.6 cm³/mol. The van der Waals surface area contributed by atoms with Crippen molar-refractivity contribution in [3.05, 3.63) is 0 Å². The summed E-state index contributed by atoms with van der Waals surface area (Å²) in [5, 5.41) is 7.57. The van der Waals surface area contributed by atoms with E-state index >= 15 is 0 Å². The molecule has 0 aliphatic carbocycles. The van der Waals surface area contributed by atoms with E-state index in [4.69, 9.17) is 9.90 Å². The Balaban J connectivity index is -0.0000000400. The molecule has 0 unspecified atom stereocenters. The lowest BCUT2D eigenvalue weighted by molar-refractivity contribution is -0.106. The van der Waals surface area contributed by atoms with Gasteiger partial charge in [-0.3, -0.25) is 4.79 Å². The minimum absolute atomic E-state index is 0. The van der Waals surface area contributed by atoms with Gasteiger partial charge in [0.1, 0.15) is 0 Å². The molecule has 0 bridgehead atoms. The highest BCUT2D eigenvalue weighted by Crippen LogP contribution is 1.30. The summed E-state index contributed by atoms with van der Waals surface area (Å²) in [5.74, 6) is 0. The van der Waals surface area contributed by atoms with Crippen LogP contribution in [0.4, 0.5) is 0 Å². The van der Waals surface area contributed by atoms with Gasteiger partial charge in [-0.15, -0.1) is 0 Å². The lowest BCUT2D eigenvalue weighted by atomic mass is 10.9. The van der Waals surface area contributed by atoms with Gasteiger partial charge in [0.2, 0.25) is 6.41 Å². The second-order valence-electron chi connectivity index (χ2n) is 0.452. The lowest BCUT2D eigenvalue weighted by Crippen LogP contribution is -1.82. The van der Waals surface area contributed by atoms with Crippen molar-refractivity contribution in [2.45, 2.75) is 6.92 Å². The van der Waals surface area contributed by atoms with Crippen LogP contribution in [0.15, 0.2) is 0 Å². The molecule has 4 nitrogen and oxygen atoms in total. The summed E-state index contributed by atoms with van der Waals surface area (Å²) < 4.78 is 0. The molecular weight excluding hydrogens is 98.0 g/mol. The Kier molecular flexibility index (Phi) is 124. The summed E-state index contributed by atoms with van der Waals surface area (Å²) in [5.41, 5.74) is 4.17. The molecule has 0 radical (unpaired) electrons. The largest absolute Gasteiger partial charge is 0.412 e. The number of hydrogen-bond donors (Lipinski definition) is 2. The van der Waals surface area contributed by atoms with Gasteiger partial charge in [0.05, 0.1) is 0 Å². The van der Waals surface area contributed by atoms with Crippen molar-refractivity contribution < 1.29 is 15.4 Å². The van der Waals surface area contributed by atoms with Crippen molar-refractivity contribution in [3.8, 4) is 0 Å². The van der Waals surface area contributed by atoms with E-state index in [1.807, 2.05) is 0 Å². The zero-order valence-electron chi connectivity index (χ0n) is 4.22. The minimum Gasteiger partial charge on any atom is -0.412 e. The molecule has 0 aromatic rings. The summed E-state index contributed by atoms with van der Waals surface area (Å²) in [4.78, 5) is 8.58. The summed E-state index contributed by atoms with van der Waals surface area (Å²) in [6, 6.07) is 0. The molecule has 0 heterocycles. The van der Waals surface area contributed by atoms with Crippen LogP contribution in [0, 0.1) is 0 Å². The SMILES string of the molecule is CCO.NC=O.O. The van der Waals surface area contributed by atoms with Crippen molar-refractivity contribution in [3.63, 3.8) is 0 Å². The van der Waals surface area contributed by atoms with E-state index in [0.717, 1.165) is 0 Å². The molecule has 1 amide bonds. The Morgan fingerprint density at radius 3 is 1.86 bits per heavy atom. The maximum Gasteiger partial charge on any atom is 0.204 e. The highest BCUT2D eigenvalue weighted by Gasteiger charge is 1.34. The molecule has 0 atom stereocenters. The second-order valence-corrected chi connectivity index (χ2v) is 0.452. The first-order valence-electron chi connectivity index (χ1n) is 1.59. The van der Waals surface area contributed by atoms with E-state index in [2.05, 4.69) is 5.73 Å². The maximum absolute atomic E-state index is 8.58. The van der Waals surface area contributed by atoms with Crippen LogP contribution in [0.2, 0.25) is 0 Å². The van der Waals surface area contributed by atoms with Crippen molar-refractivity contribution in [1.82, 2.24) is 0 Å². The Morgan fingerprint density at radius 2 is 1.86 bits per heavy atom. The maximum atomic E-state index is 8.58. The number of carbonyl (C=O) groups is 1. The first-order chi connectivity index (χ1) is 2.83. The standard InChI is InChI=1S/C2H6O.CH3NO.H2O/c1-2-3;2-1-3;/h3H,2H2,1H3;1H,(H2,2,3);1H2. The van der Waals surface area contributed by atoms with Crippen molar-refractivity contribution >= 4 is 6.41 Å². The van der Waals surface area contributed by atoms with Crippen LogP contribution >= 0.6 is 0 Å². The average molecular weight is 109 g/mol. The van der Waals surface area contributed by atoms with E-state index in [1.165, 1.54) is 0 Å². The van der Waals surface area contributed by atoms with Crippen molar-refractivity contribution in [1.29, 1.82) is 0 Å². The molecule has 46 valence electrons. The Hall–Kier alpha value is -0.610. The third-order valence-corrected chi connectivity index (χ3v) is 0. The van der Waals surface area contributed by atoms with E-state index in [0.29, 0.717) is 0 Å². The molecule has 0 saturated heterocycles. The van der Waals surface area contributed by atoms with Gasteiger partial charge in [0, 0.05) is 6.61 Å². The van der Waals surface area contributed by atoms with Crippen LogP contribution in [-0.2, 0) is 4.79 Å². The van der Waals surface area contributed by atoms with Crippen LogP contribution < -0.4 is 5.73 Å². The summed E-state index contributed by atoms with van der Waals surface area (Å²) in [7, 11) is 0. The number of nitrogens with two attached hydrogens (primary N) is 1. The van der Waals surface area contributed by atoms with Crippen LogP contribution in [0.25, 0.3) is 0 Å². The zero-order chi connectivity index (χ0) is 5.41. The van der Waals surface area contributed by atoms with Gasteiger partial charge in [-0.1, -0.05) is 0 Å². The van der Waals surface area contributed by atoms with Gasteiger partial charge < -0.3 is 16.3 Å². The van der Waals surface area contributed by atoms with Gasteiger partial charge in [-0.2, -0.15) is 0 Å². The summed E-state index contributed by atoms with van der Waals surface area (Å²) in [6.07, 6.45) is 0.250. The van der Waals surface area contributed by atoms with Crippen LogP contribution in [0.1, 0.15) is 6.92 Å². The highest BCUT2D eigenvalue weighted by molar-refractivity contribution is 5.42. The third kappa shape index (κ3) is 166.